The van der Waals surface area contributed by atoms with E-state index in [9.17, 15) is 4.79 Å². The van der Waals surface area contributed by atoms with Crippen LogP contribution < -0.4 is 10.5 Å². The van der Waals surface area contributed by atoms with Gasteiger partial charge in [0.05, 0.1) is 6.61 Å². The predicted octanol–water partition coefficient (Wildman–Crippen LogP) is 1.66. The predicted molar refractivity (Wildman–Crippen MR) is 66.8 cm³/mol. The van der Waals surface area contributed by atoms with Crippen LogP contribution in [0.3, 0.4) is 0 Å². The van der Waals surface area contributed by atoms with Crippen LogP contribution in [-0.4, -0.2) is 30.5 Å². The highest BCUT2D eigenvalue weighted by molar-refractivity contribution is 5.77. The SMILES string of the molecule is Nc1ccc(OCCCN2CCCC2=O)cc1. The fraction of sp³-hybridized carbons (Fsp3) is 0.462. The molecule has 0 unspecified atom stereocenters. The van der Waals surface area contributed by atoms with Crippen molar-refractivity contribution < 1.29 is 9.53 Å². The minimum absolute atomic E-state index is 0.275. The van der Waals surface area contributed by atoms with Gasteiger partial charge in [-0.05, 0) is 37.1 Å². The van der Waals surface area contributed by atoms with Gasteiger partial charge >= 0.3 is 0 Å². The van der Waals surface area contributed by atoms with E-state index in [1.165, 1.54) is 0 Å². The zero-order valence-electron chi connectivity index (χ0n) is 9.89. The number of hydrogen-bond acceptors (Lipinski definition) is 3. The number of ether oxygens (including phenoxy) is 1. The Morgan fingerprint density at radius 3 is 2.71 bits per heavy atom. The van der Waals surface area contributed by atoms with Gasteiger partial charge in [0.2, 0.25) is 5.91 Å². The third kappa shape index (κ3) is 3.37. The second-order valence-corrected chi connectivity index (χ2v) is 4.26. The first-order chi connectivity index (χ1) is 8.25. The van der Waals surface area contributed by atoms with E-state index >= 15 is 0 Å². The minimum Gasteiger partial charge on any atom is -0.494 e. The van der Waals surface area contributed by atoms with Gasteiger partial charge in [0.25, 0.3) is 0 Å². The molecule has 0 spiro atoms. The monoisotopic (exact) mass is 234 g/mol. The van der Waals surface area contributed by atoms with Crippen molar-refractivity contribution in [1.29, 1.82) is 0 Å². The maximum absolute atomic E-state index is 11.3. The summed E-state index contributed by atoms with van der Waals surface area (Å²) in [7, 11) is 0. The van der Waals surface area contributed by atoms with Crippen LogP contribution in [-0.2, 0) is 4.79 Å². The van der Waals surface area contributed by atoms with E-state index in [0.717, 1.165) is 37.4 Å². The Balaban J connectivity index is 1.66. The Bertz CT molecular complexity index is 376. The van der Waals surface area contributed by atoms with E-state index < -0.39 is 0 Å². The number of hydrogen-bond donors (Lipinski definition) is 1. The Kier molecular flexibility index (Phi) is 3.85. The summed E-state index contributed by atoms with van der Waals surface area (Å²) < 4.78 is 5.56. The van der Waals surface area contributed by atoms with Gasteiger partial charge in [0.1, 0.15) is 5.75 Å². The van der Waals surface area contributed by atoms with Crippen LogP contribution >= 0.6 is 0 Å². The zero-order chi connectivity index (χ0) is 12.1. The van der Waals surface area contributed by atoms with Crippen molar-refractivity contribution in [3.05, 3.63) is 24.3 Å². The molecule has 1 aliphatic heterocycles. The molecule has 2 rings (SSSR count). The normalized spacial score (nSPS) is 15.3. The van der Waals surface area contributed by atoms with Crippen LogP contribution in [0.15, 0.2) is 24.3 Å². The summed E-state index contributed by atoms with van der Waals surface area (Å²) >= 11 is 0. The van der Waals surface area contributed by atoms with Crippen molar-refractivity contribution in [2.45, 2.75) is 19.3 Å². The van der Waals surface area contributed by atoms with Gasteiger partial charge in [-0.2, -0.15) is 0 Å². The molecule has 0 aromatic heterocycles. The number of nitrogens with zero attached hydrogens (tertiary/aromatic N) is 1. The van der Waals surface area contributed by atoms with Crippen molar-refractivity contribution >= 4 is 11.6 Å². The van der Waals surface area contributed by atoms with E-state index in [1.807, 2.05) is 29.2 Å². The molecule has 1 aliphatic rings. The molecule has 4 heteroatoms. The zero-order valence-corrected chi connectivity index (χ0v) is 9.89. The molecule has 0 bridgehead atoms. The number of amides is 1. The summed E-state index contributed by atoms with van der Waals surface area (Å²) in [4.78, 5) is 13.3. The average Bonchev–Trinajstić information content (AvgIpc) is 2.73. The summed E-state index contributed by atoms with van der Waals surface area (Å²) in [6.07, 6.45) is 2.58. The van der Waals surface area contributed by atoms with Crippen LogP contribution in [0.4, 0.5) is 5.69 Å². The van der Waals surface area contributed by atoms with E-state index in [4.69, 9.17) is 10.5 Å². The molecule has 0 radical (unpaired) electrons. The third-order valence-corrected chi connectivity index (χ3v) is 2.89. The molecule has 4 nitrogen and oxygen atoms in total. The van der Waals surface area contributed by atoms with Gasteiger partial charge in [0, 0.05) is 25.2 Å². The van der Waals surface area contributed by atoms with Crippen molar-refractivity contribution in [2.24, 2.45) is 0 Å². The van der Waals surface area contributed by atoms with Crippen molar-refractivity contribution in [3.63, 3.8) is 0 Å². The standard InChI is InChI=1S/C13H18N2O2/c14-11-4-6-12(7-5-11)17-10-2-9-15-8-1-3-13(15)16/h4-7H,1-3,8-10,14H2. The van der Waals surface area contributed by atoms with E-state index in [2.05, 4.69) is 0 Å². The smallest absolute Gasteiger partial charge is 0.222 e. The quantitative estimate of drug-likeness (QED) is 0.622. The van der Waals surface area contributed by atoms with Crippen molar-refractivity contribution in [1.82, 2.24) is 4.90 Å². The second-order valence-electron chi connectivity index (χ2n) is 4.26. The van der Waals surface area contributed by atoms with Gasteiger partial charge in [-0.1, -0.05) is 0 Å². The molecule has 1 fully saturated rings. The van der Waals surface area contributed by atoms with E-state index in [1.54, 1.807) is 0 Å². The molecule has 1 amide bonds. The summed E-state index contributed by atoms with van der Waals surface area (Å²) in [6, 6.07) is 7.35. The van der Waals surface area contributed by atoms with Gasteiger partial charge in [-0.3, -0.25) is 4.79 Å². The molecule has 17 heavy (non-hydrogen) atoms. The first-order valence-electron chi connectivity index (χ1n) is 6.02. The highest BCUT2D eigenvalue weighted by atomic mass is 16.5. The summed E-state index contributed by atoms with van der Waals surface area (Å²) in [5, 5.41) is 0. The van der Waals surface area contributed by atoms with Crippen molar-refractivity contribution in [3.8, 4) is 5.75 Å². The van der Waals surface area contributed by atoms with Crippen LogP contribution in [0.25, 0.3) is 0 Å². The molecule has 0 aliphatic carbocycles. The lowest BCUT2D eigenvalue weighted by molar-refractivity contribution is -0.127. The lowest BCUT2D eigenvalue weighted by atomic mass is 10.3. The molecule has 92 valence electrons. The Morgan fingerprint density at radius 2 is 2.06 bits per heavy atom. The summed E-state index contributed by atoms with van der Waals surface area (Å²) in [5.74, 6) is 1.10. The first kappa shape index (κ1) is 11.8. The molecular weight excluding hydrogens is 216 g/mol. The fourth-order valence-corrected chi connectivity index (χ4v) is 1.95. The van der Waals surface area contributed by atoms with E-state index in [-0.39, 0.29) is 5.91 Å². The number of anilines is 1. The number of carbonyl (C=O) groups excluding carboxylic acids is 1. The second kappa shape index (κ2) is 5.57. The van der Waals surface area contributed by atoms with Crippen LogP contribution in [0.1, 0.15) is 19.3 Å². The van der Waals surface area contributed by atoms with Gasteiger partial charge in [-0.15, -0.1) is 0 Å². The first-order valence-corrected chi connectivity index (χ1v) is 6.02. The highest BCUT2D eigenvalue weighted by Crippen LogP contribution is 2.14. The number of carbonyl (C=O) groups is 1. The number of likely N-dealkylation sites (tertiary alicyclic amines) is 1. The number of nitrogens with two attached hydrogens (primary N) is 1. The lowest BCUT2D eigenvalue weighted by Crippen LogP contribution is -2.26. The number of nitrogen functional groups attached to an aromatic ring is 1. The largest absolute Gasteiger partial charge is 0.494 e. The van der Waals surface area contributed by atoms with Gasteiger partial charge in [0.15, 0.2) is 0 Å². The summed E-state index contributed by atoms with van der Waals surface area (Å²) in [6.45, 7) is 2.34. The molecular formula is C13H18N2O2. The van der Waals surface area contributed by atoms with Crippen LogP contribution in [0, 0.1) is 0 Å². The Hall–Kier alpha value is -1.71. The molecule has 1 heterocycles. The minimum atomic E-state index is 0.275. The fourth-order valence-electron chi connectivity index (χ4n) is 1.95. The maximum atomic E-state index is 11.3. The Morgan fingerprint density at radius 1 is 1.29 bits per heavy atom. The Labute approximate surface area is 101 Å². The molecule has 1 aromatic rings. The van der Waals surface area contributed by atoms with Gasteiger partial charge in [-0.25, -0.2) is 0 Å². The molecule has 0 atom stereocenters. The maximum Gasteiger partial charge on any atom is 0.222 e. The molecule has 0 saturated carbocycles. The van der Waals surface area contributed by atoms with Crippen molar-refractivity contribution in [2.75, 3.05) is 25.4 Å². The third-order valence-electron chi connectivity index (χ3n) is 2.89. The molecule has 1 saturated heterocycles. The highest BCUT2D eigenvalue weighted by Gasteiger charge is 2.18. The molecule has 2 N–H and O–H groups in total. The topological polar surface area (TPSA) is 55.6 Å². The van der Waals surface area contributed by atoms with Crippen LogP contribution in [0.2, 0.25) is 0 Å². The lowest BCUT2D eigenvalue weighted by Gasteiger charge is -2.15. The number of rotatable bonds is 5. The van der Waals surface area contributed by atoms with Crippen LogP contribution in [0.5, 0.6) is 5.75 Å². The van der Waals surface area contributed by atoms with E-state index in [0.29, 0.717) is 13.0 Å². The summed E-state index contributed by atoms with van der Waals surface area (Å²) in [5.41, 5.74) is 6.32. The average molecular weight is 234 g/mol. The molecule has 1 aromatic carbocycles. The number of benzene rings is 1. The van der Waals surface area contributed by atoms with Gasteiger partial charge < -0.3 is 15.4 Å².